The summed E-state index contributed by atoms with van der Waals surface area (Å²) in [6.07, 6.45) is 0. The molecule has 2 N–H and O–H groups in total. The second kappa shape index (κ2) is 8.24. The Labute approximate surface area is 163 Å². The van der Waals surface area contributed by atoms with Crippen LogP contribution in [0.3, 0.4) is 0 Å². The summed E-state index contributed by atoms with van der Waals surface area (Å²) in [4.78, 5) is 12.4. The van der Waals surface area contributed by atoms with E-state index in [9.17, 15) is 13.2 Å². The quantitative estimate of drug-likeness (QED) is 0.654. The van der Waals surface area contributed by atoms with E-state index in [1.165, 1.54) is 18.2 Å². The van der Waals surface area contributed by atoms with Crippen LogP contribution in [-0.2, 0) is 16.6 Å². The van der Waals surface area contributed by atoms with Gasteiger partial charge in [-0.25, -0.2) is 8.42 Å². The second-order valence-corrected chi connectivity index (χ2v) is 7.93. The van der Waals surface area contributed by atoms with Gasteiger partial charge in [0.1, 0.15) is 0 Å². The standard InChI is InChI=1S/C20H17ClN2O3S/c21-17-9-11-18(12-10-17)23-27(25,26)19-8-4-7-16(13-19)20(24)22-14-15-5-2-1-3-6-15/h1-13,23H,14H2,(H,22,24). The molecule has 7 heteroatoms. The molecule has 0 atom stereocenters. The molecule has 0 radical (unpaired) electrons. The van der Waals surface area contributed by atoms with E-state index in [2.05, 4.69) is 10.0 Å². The molecular weight excluding hydrogens is 384 g/mol. The first-order valence-corrected chi connectivity index (χ1v) is 10.0. The third-order valence-electron chi connectivity index (χ3n) is 3.80. The summed E-state index contributed by atoms with van der Waals surface area (Å²) in [5, 5.41) is 3.29. The van der Waals surface area contributed by atoms with Crippen LogP contribution in [0.5, 0.6) is 0 Å². The van der Waals surface area contributed by atoms with Gasteiger partial charge in [0.15, 0.2) is 0 Å². The minimum atomic E-state index is -3.82. The Kier molecular flexibility index (Phi) is 5.78. The molecular formula is C20H17ClN2O3S. The number of benzene rings is 3. The van der Waals surface area contributed by atoms with Crippen molar-refractivity contribution in [1.29, 1.82) is 0 Å². The molecule has 0 fully saturated rings. The van der Waals surface area contributed by atoms with Gasteiger partial charge in [-0.1, -0.05) is 48.0 Å². The number of halogens is 1. The van der Waals surface area contributed by atoms with Crippen molar-refractivity contribution in [1.82, 2.24) is 5.32 Å². The predicted molar refractivity (Wildman–Crippen MR) is 106 cm³/mol. The Balaban J connectivity index is 1.73. The first kappa shape index (κ1) is 18.9. The molecule has 27 heavy (non-hydrogen) atoms. The summed E-state index contributed by atoms with van der Waals surface area (Å²) in [5.41, 5.74) is 1.61. The lowest BCUT2D eigenvalue weighted by Crippen LogP contribution is -2.23. The summed E-state index contributed by atoms with van der Waals surface area (Å²) in [7, 11) is -3.82. The Bertz CT molecular complexity index is 1040. The zero-order chi connectivity index (χ0) is 19.3. The van der Waals surface area contributed by atoms with Crippen molar-refractivity contribution in [3.05, 3.63) is 95.0 Å². The molecule has 0 bridgehead atoms. The minimum Gasteiger partial charge on any atom is -0.348 e. The van der Waals surface area contributed by atoms with Gasteiger partial charge in [-0.2, -0.15) is 0 Å². The fraction of sp³-hybridized carbons (Fsp3) is 0.0500. The van der Waals surface area contributed by atoms with Gasteiger partial charge in [-0.15, -0.1) is 0 Å². The summed E-state index contributed by atoms with van der Waals surface area (Å²) in [6, 6.07) is 21.7. The molecule has 5 nitrogen and oxygen atoms in total. The molecule has 3 aromatic rings. The number of nitrogens with one attached hydrogen (secondary N) is 2. The highest BCUT2D eigenvalue weighted by atomic mass is 35.5. The van der Waals surface area contributed by atoms with Crippen molar-refractivity contribution >= 4 is 33.2 Å². The van der Waals surface area contributed by atoms with E-state index in [0.717, 1.165) is 5.56 Å². The number of carbonyl (C=O) groups is 1. The van der Waals surface area contributed by atoms with Crippen LogP contribution in [0.1, 0.15) is 15.9 Å². The summed E-state index contributed by atoms with van der Waals surface area (Å²) >= 11 is 5.81. The highest BCUT2D eigenvalue weighted by molar-refractivity contribution is 7.92. The van der Waals surface area contributed by atoms with Gasteiger partial charge in [0.05, 0.1) is 4.90 Å². The fourth-order valence-corrected chi connectivity index (χ4v) is 3.65. The van der Waals surface area contributed by atoms with E-state index in [0.29, 0.717) is 17.3 Å². The van der Waals surface area contributed by atoms with E-state index in [1.54, 1.807) is 30.3 Å². The van der Waals surface area contributed by atoms with Crippen LogP contribution in [0.15, 0.2) is 83.8 Å². The Morgan fingerprint density at radius 3 is 2.30 bits per heavy atom. The van der Waals surface area contributed by atoms with Gasteiger partial charge in [0, 0.05) is 22.8 Å². The maximum Gasteiger partial charge on any atom is 0.261 e. The molecule has 0 saturated carbocycles. The molecule has 0 aliphatic rings. The van der Waals surface area contributed by atoms with Crippen LogP contribution in [-0.4, -0.2) is 14.3 Å². The highest BCUT2D eigenvalue weighted by Gasteiger charge is 2.16. The molecule has 0 saturated heterocycles. The predicted octanol–water partition coefficient (Wildman–Crippen LogP) is 4.07. The number of hydrogen-bond acceptors (Lipinski definition) is 3. The molecule has 0 aliphatic heterocycles. The average Bonchev–Trinajstić information content (AvgIpc) is 2.68. The van der Waals surface area contributed by atoms with Gasteiger partial charge >= 0.3 is 0 Å². The van der Waals surface area contributed by atoms with Crippen molar-refractivity contribution in [2.24, 2.45) is 0 Å². The number of amides is 1. The van der Waals surface area contributed by atoms with E-state index in [-0.39, 0.29) is 16.4 Å². The third kappa shape index (κ3) is 5.09. The normalized spacial score (nSPS) is 11.0. The Morgan fingerprint density at radius 1 is 0.889 bits per heavy atom. The van der Waals surface area contributed by atoms with Crippen molar-refractivity contribution in [3.8, 4) is 0 Å². The van der Waals surface area contributed by atoms with E-state index < -0.39 is 10.0 Å². The number of hydrogen-bond donors (Lipinski definition) is 2. The minimum absolute atomic E-state index is 0.00445. The molecule has 0 aromatic heterocycles. The van der Waals surface area contributed by atoms with Crippen molar-refractivity contribution in [2.45, 2.75) is 11.4 Å². The number of rotatable bonds is 6. The van der Waals surface area contributed by atoms with Crippen molar-refractivity contribution < 1.29 is 13.2 Å². The Hall–Kier alpha value is -2.83. The highest BCUT2D eigenvalue weighted by Crippen LogP contribution is 2.19. The first-order valence-electron chi connectivity index (χ1n) is 8.15. The van der Waals surface area contributed by atoms with Crippen LogP contribution in [0, 0.1) is 0 Å². The van der Waals surface area contributed by atoms with Gasteiger partial charge in [0.2, 0.25) is 0 Å². The second-order valence-electron chi connectivity index (χ2n) is 5.81. The molecule has 3 rings (SSSR count). The van der Waals surface area contributed by atoms with E-state index in [4.69, 9.17) is 11.6 Å². The monoisotopic (exact) mass is 400 g/mol. The molecule has 1 amide bonds. The largest absolute Gasteiger partial charge is 0.348 e. The van der Waals surface area contributed by atoms with Gasteiger partial charge in [-0.05, 0) is 48.0 Å². The van der Waals surface area contributed by atoms with Crippen molar-refractivity contribution in [3.63, 3.8) is 0 Å². The van der Waals surface area contributed by atoms with Crippen molar-refractivity contribution in [2.75, 3.05) is 4.72 Å². The number of anilines is 1. The zero-order valence-electron chi connectivity index (χ0n) is 14.2. The van der Waals surface area contributed by atoms with Crippen LogP contribution in [0.4, 0.5) is 5.69 Å². The van der Waals surface area contributed by atoms with Gasteiger partial charge in [0.25, 0.3) is 15.9 Å². The van der Waals surface area contributed by atoms with E-state index >= 15 is 0 Å². The molecule has 0 spiro atoms. The summed E-state index contributed by atoms with van der Waals surface area (Å²) in [6.45, 7) is 0.361. The van der Waals surface area contributed by atoms with Crippen LogP contribution >= 0.6 is 11.6 Å². The summed E-state index contributed by atoms with van der Waals surface area (Å²) in [5.74, 6) is -0.345. The maximum atomic E-state index is 12.6. The fourth-order valence-electron chi connectivity index (χ4n) is 2.42. The van der Waals surface area contributed by atoms with Gasteiger partial charge < -0.3 is 5.32 Å². The van der Waals surface area contributed by atoms with Crippen LogP contribution in [0.2, 0.25) is 5.02 Å². The molecule has 3 aromatic carbocycles. The topological polar surface area (TPSA) is 75.3 Å². The molecule has 0 aliphatic carbocycles. The zero-order valence-corrected chi connectivity index (χ0v) is 15.8. The SMILES string of the molecule is O=C(NCc1ccccc1)c1cccc(S(=O)(=O)Nc2ccc(Cl)cc2)c1. The summed E-state index contributed by atoms with van der Waals surface area (Å²) < 4.78 is 27.6. The first-order chi connectivity index (χ1) is 12.9. The molecule has 0 unspecified atom stereocenters. The average molecular weight is 401 g/mol. The molecule has 0 heterocycles. The lowest BCUT2D eigenvalue weighted by atomic mass is 10.2. The lowest BCUT2D eigenvalue weighted by Gasteiger charge is -2.10. The smallest absolute Gasteiger partial charge is 0.261 e. The maximum absolute atomic E-state index is 12.6. The van der Waals surface area contributed by atoms with Crippen LogP contribution < -0.4 is 10.0 Å². The number of sulfonamides is 1. The number of carbonyl (C=O) groups excluding carboxylic acids is 1. The molecule has 138 valence electrons. The lowest BCUT2D eigenvalue weighted by molar-refractivity contribution is 0.0950. The Morgan fingerprint density at radius 2 is 1.59 bits per heavy atom. The van der Waals surface area contributed by atoms with E-state index in [1.807, 2.05) is 30.3 Å². The third-order valence-corrected chi connectivity index (χ3v) is 5.43. The van der Waals surface area contributed by atoms with Gasteiger partial charge in [-0.3, -0.25) is 9.52 Å². The van der Waals surface area contributed by atoms with Crippen LogP contribution in [0.25, 0.3) is 0 Å².